The van der Waals surface area contributed by atoms with Crippen molar-refractivity contribution in [3.63, 3.8) is 0 Å². The average molecular weight is 379 g/mol. The lowest BCUT2D eigenvalue weighted by molar-refractivity contribution is 0.412. The van der Waals surface area contributed by atoms with E-state index in [1.54, 1.807) is 18.4 Å². The van der Waals surface area contributed by atoms with Crippen LogP contribution in [0.5, 0.6) is 5.75 Å². The Balaban J connectivity index is 2.03. The molecule has 0 fully saturated rings. The molecule has 2 heterocycles. The molecule has 3 rings (SSSR count). The molecule has 1 aromatic carbocycles. The minimum Gasteiger partial charge on any atom is -0.497 e. The molecule has 0 aliphatic heterocycles. The van der Waals surface area contributed by atoms with E-state index in [2.05, 4.69) is 37.4 Å². The van der Waals surface area contributed by atoms with Crippen LogP contribution in [0.15, 0.2) is 50.8 Å². The van der Waals surface area contributed by atoms with E-state index in [0.29, 0.717) is 12.4 Å². The third-order valence-corrected chi connectivity index (χ3v) is 5.05. The summed E-state index contributed by atoms with van der Waals surface area (Å²) in [5.41, 5.74) is 1.82. The zero-order valence-corrected chi connectivity index (χ0v) is 14.6. The van der Waals surface area contributed by atoms with Crippen LogP contribution in [0.4, 0.5) is 11.6 Å². The van der Waals surface area contributed by atoms with E-state index in [1.165, 1.54) is 4.88 Å². The van der Waals surface area contributed by atoms with Gasteiger partial charge in [0.1, 0.15) is 10.2 Å². The Morgan fingerprint density at radius 1 is 1.32 bits per heavy atom. The normalized spacial score (nSPS) is 10.7. The number of hydrogen-bond acceptors (Lipinski definition) is 5. The van der Waals surface area contributed by atoms with Crippen molar-refractivity contribution >= 4 is 38.8 Å². The number of rotatable bonds is 5. The molecule has 0 saturated carbocycles. The van der Waals surface area contributed by atoms with Crippen LogP contribution in [0.3, 0.4) is 0 Å². The number of benzene rings is 1. The van der Waals surface area contributed by atoms with Crippen LogP contribution in [0.25, 0.3) is 0 Å². The molecule has 0 aliphatic carbocycles. The first-order chi connectivity index (χ1) is 10.7. The standard InChI is InChI=1S/C16H15BrN2O2S/c1-11-15(17)16(21-18-11)19(10-14-7-4-8-22-14)12-5-3-6-13(9-12)20-2/h3-9H,10H2,1-2H3. The summed E-state index contributed by atoms with van der Waals surface area (Å²) in [5, 5.41) is 6.11. The maximum atomic E-state index is 5.53. The van der Waals surface area contributed by atoms with E-state index < -0.39 is 0 Å². The Bertz CT molecular complexity index is 755. The molecule has 4 nitrogen and oxygen atoms in total. The van der Waals surface area contributed by atoms with Crippen LogP contribution in [-0.2, 0) is 6.54 Å². The topological polar surface area (TPSA) is 38.5 Å². The van der Waals surface area contributed by atoms with Crippen molar-refractivity contribution in [3.05, 3.63) is 56.8 Å². The van der Waals surface area contributed by atoms with Gasteiger partial charge in [-0.25, -0.2) is 0 Å². The van der Waals surface area contributed by atoms with E-state index in [0.717, 1.165) is 21.6 Å². The second-order valence-electron chi connectivity index (χ2n) is 4.75. The molecule has 22 heavy (non-hydrogen) atoms. The second-order valence-corrected chi connectivity index (χ2v) is 6.58. The number of halogens is 1. The summed E-state index contributed by atoms with van der Waals surface area (Å²) in [6, 6.07) is 12.1. The van der Waals surface area contributed by atoms with Crippen molar-refractivity contribution in [1.82, 2.24) is 5.16 Å². The smallest absolute Gasteiger partial charge is 0.246 e. The molecule has 0 saturated heterocycles. The lowest BCUT2D eigenvalue weighted by atomic mass is 10.2. The molecule has 0 spiro atoms. The van der Waals surface area contributed by atoms with Gasteiger partial charge < -0.3 is 14.2 Å². The molecular weight excluding hydrogens is 364 g/mol. The number of ether oxygens (including phenoxy) is 1. The van der Waals surface area contributed by atoms with E-state index in [9.17, 15) is 0 Å². The van der Waals surface area contributed by atoms with E-state index in [-0.39, 0.29) is 0 Å². The maximum absolute atomic E-state index is 5.53. The third-order valence-electron chi connectivity index (χ3n) is 3.28. The largest absolute Gasteiger partial charge is 0.497 e. The fourth-order valence-electron chi connectivity index (χ4n) is 2.13. The average Bonchev–Trinajstić information content (AvgIpc) is 3.16. The van der Waals surface area contributed by atoms with Crippen molar-refractivity contribution in [2.24, 2.45) is 0 Å². The predicted octanol–water partition coefficient (Wildman–Crippen LogP) is 5.15. The van der Waals surface area contributed by atoms with Gasteiger partial charge in [-0.15, -0.1) is 11.3 Å². The summed E-state index contributed by atoms with van der Waals surface area (Å²) >= 11 is 5.27. The van der Waals surface area contributed by atoms with Crippen LogP contribution < -0.4 is 9.64 Å². The first-order valence-corrected chi connectivity index (χ1v) is 8.42. The van der Waals surface area contributed by atoms with Gasteiger partial charge in [0.15, 0.2) is 0 Å². The first kappa shape index (κ1) is 15.1. The summed E-state index contributed by atoms with van der Waals surface area (Å²) in [4.78, 5) is 3.32. The number of thiophene rings is 1. The van der Waals surface area contributed by atoms with Gasteiger partial charge in [-0.3, -0.25) is 0 Å². The predicted molar refractivity (Wildman–Crippen MR) is 92.1 cm³/mol. The summed E-state index contributed by atoms with van der Waals surface area (Å²) in [5.74, 6) is 1.50. The zero-order valence-electron chi connectivity index (χ0n) is 12.2. The third kappa shape index (κ3) is 3.03. The van der Waals surface area contributed by atoms with Gasteiger partial charge in [0, 0.05) is 16.6 Å². The highest BCUT2D eigenvalue weighted by molar-refractivity contribution is 9.10. The van der Waals surface area contributed by atoms with Crippen molar-refractivity contribution in [2.45, 2.75) is 13.5 Å². The van der Waals surface area contributed by atoms with Gasteiger partial charge in [0.05, 0.1) is 19.3 Å². The summed E-state index contributed by atoms with van der Waals surface area (Å²) < 4.78 is 11.7. The number of hydrogen-bond donors (Lipinski definition) is 0. The van der Waals surface area contributed by atoms with E-state index in [1.807, 2.05) is 37.3 Å². The summed E-state index contributed by atoms with van der Waals surface area (Å²) in [6.07, 6.45) is 0. The van der Waals surface area contributed by atoms with Crippen LogP contribution >= 0.6 is 27.3 Å². The number of methoxy groups -OCH3 is 1. The Morgan fingerprint density at radius 2 is 2.18 bits per heavy atom. The summed E-state index contributed by atoms with van der Waals surface area (Å²) in [6.45, 7) is 2.62. The number of nitrogens with zero attached hydrogens (tertiary/aromatic N) is 2. The van der Waals surface area contributed by atoms with Gasteiger partial charge in [0.25, 0.3) is 0 Å². The Kier molecular flexibility index (Phi) is 4.49. The van der Waals surface area contributed by atoms with Crippen LogP contribution in [0.1, 0.15) is 10.6 Å². The molecule has 6 heteroatoms. The van der Waals surface area contributed by atoms with Crippen molar-refractivity contribution < 1.29 is 9.26 Å². The van der Waals surface area contributed by atoms with Crippen molar-refractivity contribution in [2.75, 3.05) is 12.0 Å². The Morgan fingerprint density at radius 3 is 2.82 bits per heavy atom. The van der Waals surface area contributed by atoms with Gasteiger partial charge >= 0.3 is 0 Å². The minimum absolute atomic E-state index is 0.694. The molecule has 0 aliphatic rings. The fourth-order valence-corrected chi connectivity index (χ4v) is 3.18. The maximum Gasteiger partial charge on any atom is 0.246 e. The second kappa shape index (κ2) is 6.54. The van der Waals surface area contributed by atoms with Gasteiger partial charge in [-0.1, -0.05) is 17.3 Å². The van der Waals surface area contributed by atoms with E-state index >= 15 is 0 Å². The van der Waals surface area contributed by atoms with Gasteiger partial charge in [-0.05, 0) is 46.4 Å². The highest BCUT2D eigenvalue weighted by Gasteiger charge is 2.20. The molecule has 3 aromatic rings. The Hall–Kier alpha value is -1.79. The molecule has 0 amide bonds. The lowest BCUT2D eigenvalue weighted by Gasteiger charge is -2.21. The zero-order chi connectivity index (χ0) is 15.5. The van der Waals surface area contributed by atoms with E-state index in [4.69, 9.17) is 9.26 Å². The SMILES string of the molecule is COc1cccc(N(Cc2cccs2)c2onc(C)c2Br)c1. The van der Waals surface area contributed by atoms with Crippen LogP contribution in [0, 0.1) is 6.92 Å². The fraction of sp³-hybridized carbons (Fsp3) is 0.188. The highest BCUT2D eigenvalue weighted by Crippen LogP contribution is 2.37. The molecule has 0 unspecified atom stereocenters. The first-order valence-electron chi connectivity index (χ1n) is 6.75. The van der Waals surface area contributed by atoms with Gasteiger partial charge in [-0.2, -0.15) is 0 Å². The highest BCUT2D eigenvalue weighted by atomic mass is 79.9. The molecule has 2 aromatic heterocycles. The Labute approximate surface area is 141 Å². The van der Waals surface area contributed by atoms with Crippen molar-refractivity contribution in [1.29, 1.82) is 0 Å². The number of anilines is 2. The molecule has 0 N–H and O–H groups in total. The number of aromatic nitrogens is 1. The molecular formula is C16H15BrN2O2S. The lowest BCUT2D eigenvalue weighted by Crippen LogP contribution is -2.15. The summed E-state index contributed by atoms with van der Waals surface area (Å²) in [7, 11) is 1.66. The monoisotopic (exact) mass is 378 g/mol. The minimum atomic E-state index is 0.694. The number of aryl methyl sites for hydroxylation is 1. The van der Waals surface area contributed by atoms with Gasteiger partial charge in [0.2, 0.25) is 5.88 Å². The molecule has 0 atom stereocenters. The molecule has 114 valence electrons. The molecule has 0 bridgehead atoms. The van der Waals surface area contributed by atoms with Crippen LogP contribution in [-0.4, -0.2) is 12.3 Å². The van der Waals surface area contributed by atoms with Crippen molar-refractivity contribution in [3.8, 4) is 5.75 Å². The van der Waals surface area contributed by atoms with Crippen LogP contribution in [0.2, 0.25) is 0 Å². The quantitative estimate of drug-likeness (QED) is 0.614. The molecule has 0 radical (unpaired) electrons.